The molecule has 3 aromatic rings. The molecule has 3 rings (SSSR count). The second-order valence-corrected chi connectivity index (χ2v) is 8.10. The predicted octanol–water partition coefficient (Wildman–Crippen LogP) is 6.54. The van der Waals surface area contributed by atoms with Crippen molar-refractivity contribution in [3.63, 3.8) is 0 Å². The lowest BCUT2D eigenvalue weighted by molar-refractivity contribution is 0.252. The van der Waals surface area contributed by atoms with E-state index in [1.807, 2.05) is 68.4 Å². The third-order valence-electron chi connectivity index (χ3n) is 4.43. The smallest absolute Gasteiger partial charge is 0.339 e. The number of nitrogens with zero attached hydrogens (tertiary/aromatic N) is 1. The van der Waals surface area contributed by atoms with Gasteiger partial charge in [-0.3, -0.25) is 0 Å². The van der Waals surface area contributed by atoms with Crippen LogP contribution in [0.5, 0.6) is 11.5 Å². The van der Waals surface area contributed by atoms with Crippen LogP contribution in [0.3, 0.4) is 0 Å². The normalized spacial score (nSPS) is 10.8. The largest absolute Gasteiger partial charge is 0.490 e. The molecule has 0 bridgehead atoms. The number of carbonyl (C=O) groups is 1. The van der Waals surface area contributed by atoms with Crippen molar-refractivity contribution < 1.29 is 14.3 Å². The van der Waals surface area contributed by atoms with Crippen molar-refractivity contribution in [1.29, 1.82) is 0 Å². The van der Waals surface area contributed by atoms with Gasteiger partial charge in [0.25, 0.3) is 0 Å². The number of urea groups is 1. The summed E-state index contributed by atoms with van der Waals surface area (Å²) in [5.74, 6) is 1.17. The zero-order valence-electron chi connectivity index (χ0n) is 17.7. The molecule has 6 nitrogen and oxygen atoms in total. The van der Waals surface area contributed by atoms with Gasteiger partial charge < -0.3 is 14.8 Å². The maximum absolute atomic E-state index is 12.1. The van der Waals surface area contributed by atoms with Gasteiger partial charge in [0.15, 0.2) is 11.5 Å². The molecule has 8 heteroatoms. The van der Waals surface area contributed by atoms with Crippen LogP contribution >= 0.6 is 27.5 Å². The second kappa shape index (κ2) is 11.5. The molecule has 0 aliphatic heterocycles. The van der Waals surface area contributed by atoms with E-state index in [2.05, 4.69) is 31.8 Å². The van der Waals surface area contributed by atoms with Gasteiger partial charge in [-0.05, 0) is 71.2 Å². The molecule has 32 heavy (non-hydrogen) atoms. The molecule has 0 saturated heterocycles. The number of rotatable bonds is 8. The van der Waals surface area contributed by atoms with Crippen LogP contribution in [0, 0.1) is 6.92 Å². The predicted molar refractivity (Wildman–Crippen MR) is 132 cm³/mol. The average molecular weight is 517 g/mol. The summed E-state index contributed by atoms with van der Waals surface area (Å²) in [6.45, 7) is 4.67. The quantitative estimate of drug-likeness (QED) is 0.264. The molecule has 0 aliphatic carbocycles. The zero-order chi connectivity index (χ0) is 22.9. The molecule has 2 N–H and O–H groups in total. The van der Waals surface area contributed by atoms with Crippen molar-refractivity contribution in [1.82, 2.24) is 5.43 Å². The summed E-state index contributed by atoms with van der Waals surface area (Å²) in [6.07, 6.45) is 1.53. The minimum absolute atomic E-state index is 0.373. The highest BCUT2D eigenvalue weighted by Gasteiger charge is 2.11. The van der Waals surface area contributed by atoms with Crippen LogP contribution in [0.1, 0.15) is 23.6 Å². The molecular weight excluding hydrogens is 494 g/mol. The van der Waals surface area contributed by atoms with Crippen molar-refractivity contribution in [3.05, 3.63) is 86.8 Å². The minimum Gasteiger partial charge on any atom is -0.490 e. The molecule has 0 spiro atoms. The van der Waals surface area contributed by atoms with Crippen molar-refractivity contribution in [3.8, 4) is 11.5 Å². The van der Waals surface area contributed by atoms with Gasteiger partial charge in [-0.15, -0.1) is 0 Å². The third-order valence-corrected chi connectivity index (χ3v) is 5.37. The first kappa shape index (κ1) is 23.6. The monoisotopic (exact) mass is 515 g/mol. The lowest BCUT2D eigenvalue weighted by atomic mass is 10.2. The standard InChI is InChI=1S/C24H23BrClN3O3/c1-3-31-22-12-18(14-27-29-24(30)28-21-7-5-4-6-16(21)2)20(25)13-23(22)32-15-17-8-10-19(26)11-9-17/h4-14H,3,15H2,1-2H3,(H2,28,29,30). The molecule has 166 valence electrons. The van der Waals surface area contributed by atoms with E-state index >= 15 is 0 Å². The molecular formula is C24H23BrClN3O3. The highest BCUT2D eigenvalue weighted by atomic mass is 79.9. The van der Waals surface area contributed by atoms with Crippen LogP contribution in [-0.4, -0.2) is 18.9 Å². The van der Waals surface area contributed by atoms with E-state index in [4.69, 9.17) is 21.1 Å². The number of benzene rings is 3. The maximum Gasteiger partial charge on any atom is 0.339 e. The van der Waals surface area contributed by atoms with Gasteiger partial charge >= 0.3 is 6.03 Å². The number of para-hydroxylation sites is 1. The fourth-order valence-corrected chi connectivity index (χ4v) is 3.35. The van der Waals surface area contributed by atoms with Crippen molar-refractivity contribution >= 4 is 45.5 Å². The second-order valence-electron chi connectivity index (χ2n) is 6.81. The molecule has 0 heterocycles. The van der Waals surface area contributed by atoms with E-state index in [1.54, 1.807) is 6.07 Å². The van der Waals surface area contributed by atoms with Gasteiger partial charge in [0.05, 0.1) is 12.8 Å². The number of hydrogen-bond donors (Lipinski definition) is 2. The SMILES string of the molecule is CCOc1cc(C=NNC(=O)Nc2ccccc2C)c(Br)cc1OCc1ccc(Cl)cc1. The Morgan fingerprint density at radius 1 is 1.09 bits per heavy atom. The maximum atomic E-state index is 12.1. The molecule has 0 saturated carbocycles. The molecule has 2 amide bonds. The first-order chi connectivity index (χ1) is 15.5. The van der Waals surface area contributed by atoms with Crippen molar-refractivity contribution in [2.24, 2.45) is 5.10 Å². The number of carbonyl (C=O) groups excluding carboxylic acids is 1. The van der Waals surface area contributed by atoms with Gasteiger partial charge in [0, 0.05) is 20.7 Å². The van der Waals surface area contributed by atoms with E-state index < -0.39 is 6.03 Å². The van der Waals surface area contributed by atoms with Gasteiger partial charge in [-0.25, -0.2) is 10.2 Å². The highest BCUT2D eigenvalue weighted by Crippen LogP contribution is 2.34. The minimum atomic E-state index is -0.431. The Morgan fingerprint density at radius 3 is 2.53 bits per heavy atom. The number of anilines is 1. The summed E-state index contributed by atoms with van der Waals surface area (Å²) in [5, 5.41) is 7.47. The van der Waals surface area contributed by atoms with Crippen LogP contribution < -0.4 is 20.2 Å². The Kier molecular flexibility index (Phi) is 8.53. The molecule has 0 aromatic heterocycles. The highest BCUT2D eigenvalue weighted by molar-refractivity contribution is 9.10. The molecule has 0 unspecified atom stereocenters. The summed E-state index contributed by atoms with van der Waals surface area (Å²) in [4.78, 5) is 12.1. The van der Waals surface area contributed by atoms with Crippen molar-refractivity contribution in [2.45, 2.75) is 20.5 Å². The van der Waals surface area contributed by atoms with E-state index in [-0.39, 0.29) is 0 Å². The fourth-order valence-electron chi connectivity index (χ4n) is 2.80. The van der Waals surface area contributed by atoms with Crippen molar-refractivity contribution in [2.75, 3.05) is 11.9 Å². The number of halogens is 2. The van der Waals surface area contributed by atoms with Gasteiger partial charge in [-0.1, -0.05) is 41.9 Å². The summed E-state index contributed by atoms with van der Waals surface area (Å²) < 4.78 is 12.4. The number of ether oxygens (including phenoxy) is 2. The van der Waals surface area contributed by atoms with E-state index in [1.165, 1.54) is 6.21 Å². The molecule has 3 aromatic carbocycles. The molecule has 0 aliphatic rings. The molecule has 0 fully saturated rings. The number of nitrogens with one attached hydrogen (secondary N) is 2. The van der Waals surface area contributed by atoms with E-state index in [0.717, 1.165) is 26.9 Å². The first-order valence-electron chi connectivity index (χ1n) is 9.95. The fraction of sp³-hybridized carbons (Fsp3) is 0.167. The van der Waals surface area contributed by atoms with E-state index in [0.29, 0.717) is 29.7 Å². The number of hydrogen-bond acceptors (Lipinski definition) is 4. The number of hydrazone groups is 1. The van der Waals surface area contributed by atoms with Gasteiger partial charge in [0.2, 0.25) is 0 Å². The van der Waals surface area contributed by atoms with E-state index in [9.17, 15) is 4.79 Å². The first-order valence-corrected chi connectivity index (χ1v) is 11.1. The van der Waals surface area contributed by atoms with Crippen LogP contribution in [-0.2, 0) is 6.61 Å². The van der Waals surface area contributed by atoms with Crippen LogP contribution in [0.25, 0.3) is 0 Å². The van der Waals surface area contributed by atoms with Crippen LogP contribution in [0.2, 0.25) is 5.02 Å². The summed E-state index contributed by atoms with van der Waals surface area (Å²) in [5.41, 5.74) is 5.87. The number of aryl methyl sites for hydroxylation is 1. The van der Waals surface area contributed by atoms with Gasteiger partial charge in [0.1, 0.15) is 6.61 Å². The molecule has 0 atom stereocenters. The van der Waals surface area contributed by atoms with Crippen LogP contribution in [0.15, 0.2) is 70.2 Å². The summed E-state index contributed by atoms with van der Waals surface area (Å²) in [7, 11) is 0. The van der Waals surface area contributed by atoms with Gasteiger partial charge in [-0.2, -0.15) is 5.10 Å². The Morgan fingerprint density at radius 2 is 1.81 bits per heavy atom. The number of amides is 2. The molecule has 0 radical (unpaired) electrons. The summed E-state index contributed by atoms with van der Waals surface area (Å²) >= 11 is 9.46. The third kappa shape index (κ3) is 6.73. The van der Waals surface area contributed by atoms with Crippen LogP contribution in [0.4, 0.5) is 10.5 Å². The Bertz CT molecular complexity index is 1100. The topological polar surface area (TPSA) is 72.0 Å². The summed E-state index contributed by atoms with van der Waals surface area (Å²) in [6, 6.07) is 18.2. The zero-order valence-corrected chi connectivity index (χ0v) is 20.0. The lowest BCUT2D eigenvalue weighted by Gasteiger charge is -2.14. The Balaban J connectivity index is 1.67. The Hall–Kier alpha value is -3.03. The Labute approximate surface area is 200 Å². The average Bonchev–Trinajstić information content (AvgIpc) is 2.77. The lowest BCUT2D eigenvalue weighted by Crippen LogP contribution is -2.24.